The van der Waals surface area contributed by atoms with E-state index in [1.807, 2.05) is 6.07 Å². The molecular formula is C18H19F3N2O2. The molecule has 0 heterocycles. The van der Waals surface area contributed by atoms with Crippen LogP contribution in [-0.2, 0) is 17.4 Å². The summed E-state index contributed by atoms with van der Waals surface area (Å²) in [5.74, 6) is -0.216. The first-order valence-electron chi connectivity index (χ1n) is 7.78. The van der Waals surface area contributed by atoms with Gasteiger partial charge < -0.3 is 15.8 Å². The molecule has 0 bridgehead atoms. The van der Waals surface area contributed by atoms with E-state index in [1.165, 1.54) is 6.07 Å². The number of para-hydroxylation sites is 1. The third-order valence-electron chi connectivity index (χ3n) is 3.56. The number of alkyl halides is 3. The Morgan fingerprint density at radius 2 is 1.92 bits per heavy atom. The summed E-state index contributed by atoms with van der Waals surface area (Å²) >= 11 is 0. The van der Waals surface area contributed by atoms with Gasteiger partial charge in [-0.15, -0.1) is 0 Å². The van der Waals surface area contributed by atoms with Crippen molar-refractivity contribution in [2.75, 3.05) is 17.7 Å². The molecule has 0 fully saturated rings. The molecule has 2 rings (SSSR count). The molecule has 0 aliphatic carbocycles. The standard InChI is InChI=1S/C18H19F3N2O2/c1-2-25-16-9-8-13(18(19,20)21)11-15(16)23-17(24)10-7-12-5-3-4-6-14(12)22/h3-6,8-9,11H,2,7,10,22H2,1H3,(H,23,24). The van der Waals surface area contributed by atoms with Gasteiger partial charge in [-0.2, -0.15) is 13.2 Å². The number of carbonyl (C=O) groups excluding carboxylic acids is 1. The van der Waals surface area contributed by atoms with Crippen molar-refractivity contribution < 1.29 is 22.7 Å². The lowest BCUT2D eigenvalue weighted by molar-refractivity contribution is -0.137. The number of hydrogen-bond donors (Lipinski definition) is 2. The van der Waals surface area contributed by atoms with Crippen molar-refractivity contribution in [3.05, 3.63) is 53.6 Å². The van der Waals surface area contributed by atoms with Gasteiger partial charge in [-0.1, -0.05) is 18.2 Å². The summed E-state index contributed by atoms with van der Waals surface area (Å²) in [6, 6.07) is 10.1. The Hall–Kier alpha value is -2.70. The van der Waals surface area contributed by atoms with E-state index in [0.29, 0.717) is 12.1 Å². The Balaban J connectivity index is 2.11. The van der Waals surface area contributed by atoms with Gasteiger partial charge in [0.15, 0.2) is 0 Å². The summed E-state index contributed by atoms with van der Waals surface area (Å²) in [6.07, 6.45) is -4.01. The molecule has 0 aromatic heterocycles. The lowest BCUT2D eigenvalue weighted by Crippen LogP contribution is -2.15. The lowest BCUT2D eigenvalue weighted by atomic mass is 10.1. The highest BCUT2D eigenvalue weighted by molar-refractivity contribution is 5.92. The molecule has 0 unspecified atom stereocenters. The highest BCUT2D eigenvalue weighted by Crippen LogP contribution is 2.35. The van der Waals surface area contributed by atoms with Crippen LogP contribution >= 0.6 is 0 Å². The SMILES string of the molecule is CCOc1ccc(C(F)(F)F)cc1NC(=O)CCc1ccccc1N. The number of ether oxygens (including phenoxy) is 1. The zero-order valence-corrected chi connectivity index (χ0v) is 13.7. The summed E-state index contributed by atoms with van der Waals surface area (Å²) in [5, 5.41) is 2.49. The second-order valence-electron chi connectivity index (χ2n) is 5.39. The first-order chi connectivity index (χ1) is 11.8. The highest BCUT2D eigenvalue weighted by Gasteiger charge is 2.31. The van der Waals surface area contributed by atoms with Crippen LogP contribution < -0.4 is 15.8 Å². The Morgan fingerprint density at radius 1 is 1.20 bits per heavy atom. The zero-order valence-electron chi connectivity index (χ0n) is 13.7. The molecule has 4 nitrogen and oxygen atoms in total. The smallest absolute Gasteiger partial charge is 0.416 e. The number of hydrogen-bond acceptors (Lipinski definition) is 3. The molecule has 0 radical (unpaired) electrons. The molecule has 7 heteroatoms. The Morgan fingerprint density at radius 3 is 2.56 bits per heavy atom. The van der Waals surface area contributed by atoms with Crippen LogP contribution in [0.15, 0.2) is 42.5 Å². The zero-order chi connectivity index (χ0) is 18.4. The van der Waals surface area contributed by atoms with Gasteiger partial charge in [0.25, 0.3) is 0 Å². The summed E-state index contributed by atoms with van der Waals surface area (Å²) in [7, 11) is 0. The molecule has 25 heavy (non-hydrogen) atoms. The van der Waals surface area contributed by atoms with E-state index in [4.69, 9.17) is 10.5 Å². The molecule has 3 N–H and O–H groups in total. The predicted molar refractivity (Wildman–Crippen MR) is 90.4 cm³/mol. The van der Waals surface area contributed by atoms with Gasteiger partial charge >= 0.3 is 6.18 Å². The van der Waals surface area contributed by atoms with E-state index in [1.54, 1.807) is 25.1 Å². The van der Waals surface area contributed by atoms with Crippen molar-refractivity contribution >= 4 is 17.3 Å². The van der Waals surface area contributed by atoms with E-state index in [-0.39, 0.29) is 24.5 Å². The Kier molecular flexibility index (Phi) is 5.90. The Bertz CT molecular complexity index is 745. The third kappa shape index (κ3) is 5.14. The number of benzene rings is 2. The average molecular weight is 352 g/mol. The van der Waals surface area contributed by atoms with Crippen LogP contribution in [0.3, 0.4) is 0 Å². The van der Waals surface area contributed by atoms with Gasteiger partial charge in [0.05, 0.1) is 17.9 Å². The number of carbonyl (C=O) groups is 1. The molecule has 2 aromatic rings. The van der Waals surface area contributed by atoms with Gasteiger partial charge in [0.2, 0.25) is 5.91 Å². The van der Waals surface area contributed by atoms with Crippen molar-refractivity contribution in [2.24, 2.45) is 0 Å². The molecule has 0 spiro atoms. The van der Waals surface area contributed by atoms with Crippen LogP contribution in [0.4, 0.5) is 24.5 Å². The molecular weight excluding hydrogens is 333 g/mol. The maximum Gasteiger partial charge on any atom is 0.416 e. The number of nitrogens with two attached hydrogens (primary N) is 1. The minimum absolute atomic E-state index is 0.00251. The highest BCUT2D eigenvalue weighted by atomic mass is 19.4. The quantitative estimate of drug-likeness (QED) is 0.764. The van der Waals surface area contributed by atoms with Crippen LogP contribution in [0.25, 0.3) is 0 Å². The Labute approximate surface area is 143 Å². The van der Waals surface area contributed by atoms with Gasteiger partial charge in [-0.25, -0.2) is 0 Å². The monoisotopic (exact) mass is 352 g/mol. The normalized spacial score (nSPS) is 11.2. The summed E-state index contributed by atoms with van der Waals surface area (Å²) in [6.45, 7) is 1.98. The maximum absolute atomic E-state index is 12.9. The summed E-state index contributed by atoms with van der Waals surface area (Å²) in [4.78, 5) is 12.1. The fraction of sp³-hybridized carbons (Fsp3) is 0.278. The first kappa shape index (κ1) is 18.6. The molecule has 0 aliphatic heterocycles. The van der Waals surface area contributed by atoms with Gasteiger partial charge in [0.1, 0.15) is 5.75 Å². The third-order valence-corrected chi connectivity index (χ3v) is 3.56. The first-order valence-corrected chi connectivity index (χ1v) is 7.78. The molecule has 0 atom stereocenters. The largest absolute Gasteiger partial charge is 0.492 e. The van der Waals surface area contributed by atoms with Crippen molar-refractivity contribution in [3.63, 3.8) is 0 Å². The second kappa shape index (κ2) is 7.92. The van der Waals surface area contributed by atoms with E-state index >= 15 is 0 Å². The van der Waals surface area contributed by atoms with E-state index in [9.17, 15) is 18.0 Å². The van der Waals surface area contributed by atoms with Crippen molar-refractivity contribution in [2.45, 2.75) is 25.9 Å². The van der Waals surface area contributed by atoms with Crippen molar-refractivity contribution in [3.8, 4) is 5.75 Å². The summed E-state index contributed by atoms with van der Waals surface area (Å²) in [5.41, 5.74) is 6.35. The van der Waals surface area contributed by atoms with Crippen molar-refractivity contribution in [1.82, 2.24) is 0 Å². The number of anilines is 2. The molecule has 0 saturated heterocycles. The van der Waals surface area contributed by atoms with Crippen LogP contribution in [-0.4, -0.2) is 12.5 Å². The molecule has 2 aromatic carbocycles. The van der Waals surface area contributed by atoms with Crippen LogP contribution in [0.1, 0.15) is 24.5 Å². The molecule has 0 aliphatic rings. The van der Waals surface area contributed by atoms with E-state index in [2.05, 4.69) is 5.32 Å². The minimum atomic E-state index is -4.50. The topological polar surface area (TPSA) is 64.3 Å². The number of halogens is 3. The van der Waals surface area contributed by atoms with Crippen LogP contribution in [0.5, 0.6) is 5.75 Å². The average Bonchev–Trinajstić information content (AvgIpc) is 2.55. The number of rotatable bonds is 6. The van der Waals surface area contributed by atoms with Gasteiger partial charge in [0, 0.05) is 12.1 Å². The van der Waals surface area contributed by atoms with Crippen LogP contribution in [0.2, 0.25) is 0 Å². The van der Waals surface area contributed by atoms with Gasteiger partial charge in [-0.3, -0.25) is 4.79 Å². The number of aryl methyl sites for hydroxylation is 1. The number of amides is 1. The number of nitrogen functional groups attached to an aromatic ring is 1. The fourth-order valence-corrected chi connectivity index (χ4v) is 2.31. The lowest BCUT2D eigenvalue weighted by Gasteiger charge is -2.15. The van der Waals surface area contributed by atoms with E-state index < -0.39 is 17.6 Å². The predicted octanol–water partition coefficient (Wildman–Crippen LogP) is 4.26. The summed E-state index contributed by atoms with van der Waals surface area (Å²) < 4.78 is 43.9. The van der Waals surface area contributed by atoms with Crippen LogP contribution in [0, 0.1) is 0 Å². The molecule has 0 saturated carbocycles. The minimum Gasteiger partial charge on any atom is -0.492 e. The number of nitrogens with one attached hydrogen (secondary N) is 1. The second-order valence-corrected chi connectivity index (χ2v) is 5.39. The molecule has 1 amide bonds. The fourth-order valence-electron chi connectivity index (χ4n) is 2.31. The van der Waals surface area contributed by atoms with E-state index in [0.717, 1.165) is 17.7 Å². The molecule has 134 valence electrons. The van der Waals surface area contributed by atoms with Gasteiger partial charge in [-0.05, 0) is 43.2 Å². The maximum atomic E-state index is 12.9. The van der Waals surface area contributed by atoms with Crippen molar-refractivity contribution in [1.29, 1.82) is 0 Å².